The van der Waals surface area contributed by atoms with Crippen molar-refractivity contribution in [3.05, 3.63) is 48.6 Å². The third-order valence-electron chi connectivity index (χ3n) is 7.53. The summed E-state index contributed by atoms with van der Waals surface area (Å²) in [4.78, 5) is 22.9. The van der Waals surface area contributed by atoms with Crippen molar-refractivity contribution in [2.75, 3.05) is 0 Å². The van der Waals surface area contributed by atoms with Crippen LogP contribution in [0, 0.1) is 29.6 Å². The van der Waals surface area contributed by atoms with Crippen LogP contribution in [0.4, 0.5) is 4.79 Å². The van der Waals surface area contributed by atoms with Crippen LogP contribution in [0.5, 0.6) is 0 Å². The Morgan fingerprint density at radius 1 is 1.13 bits per heavy atom. The van der Waals surface area contributed by atoms with E-state index in [0.717, 1.165) is 31.3 Å². The van der Waals surface area contributed by atoms with Gasteiger partial charge in [0.1, 0.15) is 12.2 Å². The molecule has 0 unspecified atom stereocenters. The first-order chi connectivity index (χ1) is 17.9. The maximum atomic E-state index is 11.5. The molecule has 1 amide bonds. The van der Waals surface area contributed by atoms with Crippen molar-refractivity contribution in [3.8, 4) is 0 Å². The highest BCUT2D eigenvalue weighted by molar-refractivity contribution is 5.70. The SMILES string of the molecule is C=C/C=C\[C@H](C)[C@H](OC(N)=O)[C@@H](C)[C@H](O)[C@@H](C)C/C(C)=C\[C@H](C)[C@@H](O)[C@@H](C)/C=C\CC[C@H]1CCCC(=O)O1. The minimum Gasteiger partial charge on any atom is -0.462 e. The molecule has 9 atom stereocenters. The van der Waals surface area contributed by atoms with Crippen LogP contribution in [-0.4, -0.2) is 46.7 Å². The number of rotatable bonds is 16. The van der Waals surface area contributed by atoms with Crippen LogP contribution in [-0.2, 0) is 14.3 Å². The van der Waals surface area contributed by atoms with E-state index in [1.54, 1.807) is 12.2 Å². The van der Waals surface area contributed by atoms with Crippen molar-refractivity contribution >= 4 is 12.1 Å². The van der Waals surface area contributed by atoms with E-state index in [9.17, 15) is 19.8 Å². The lowest BCUT2D eigenvalue weighted by atomic mass is 9.81. The number of primary amides is 1. The van der Waals surface area contributed by atoms with Crippen LogP contribution in [0.15, 0.2) is 48.6 Å². The minimum atomic E-state index is -0.861. The molecule has 38 heavy (non-hydrogen) atoms. The van der Waals surface area contributed by atoms with Gasteiger partial charge >= 0.3 is 12.1 Å². The Morgan fingerprint density at radius 2 is 1.82 bits per heavy atom. The van der Waals surface area contributed by atoms with Crippen LogP contribution in [0.2, 0.25) is 0 Å². The number of esters is 1. The zero-order valence-corrected chi connectivity index (χ0v) is 24.2. The highest BCUT2D eigenvalue weighted by Gasteiger charge is 2.33. The topological polar surface area (TPSA) is 119 Å². The molecule has 216 valence electrons. The molecule has 1 fully saturated rings. The lowest BCUT2D eigenvalue weighted by Gasteiger charge is -2.33. The van der Waals surface area contributed by atoms with E-state index < -0.39 is 24.4 Å². The lowest BCUT2D eigenvalue weighted by molar-refractivity contribution is -0.153. The predicted molar refractivity (Wildman–Crippen MR) is 152 cm³/mol. The summed E-state index contributed by atoms with van der Waals surface area (Å²) in [6.45, 7) is 15.4. The minimum absolute atomic E-state index is 0.00940. The van der Waals surface area contributed by atoms with Gasteiger partial charge in [-0.3, -0.25) is 4.79 Å². The monoisotopic (exact) mass is 533 g/mol. The molecule has 0 aliphatic carbocycles. The molecular formula is C31H51NO6. The molecule has 0 radical (unpaired) electrons. The molecule has 0 saturated carbocycles. The summed E-state index contributed by atoms with van der Waals surface area (Å²) in [6, 6.07) is 0. The number of hydrogen-bond acceptors (Lipinski definition) is 6. The van der Waals surface area contributed by atoms with Crippen LogP contribution >= 0.6 is 0 Å². The van der Waals surface area contributed by atoms with Crippen LogP contribution in [0.1, 0.15) is 80.1 Å². The van der Waals surface area contributed by atoms with Gasteiger partial charge in [-0.05, 0) is 44.9 Å². The Kier molecular flexibility index (Phi) is 15.3. The summed E-state index contributed by atoms with van der Waals surface area (Å²) in [6.07, 6.45) is 13.4. The Bertz CT molecular complexity index is 834. The van der Waals surface area contributed by atoms with Gasteiger partial charge in [0, 0.05) is 30.1 Å². The highest BCUT2D eigenvalue weighted by atomic mass is 16.6. The Balaban J connectivity index is 2.66. The second kappa shape index (κ2) is 17.3. The first kappa shape index (κ1) is 33.6. The van der Waals surface area contributed by atoms with E-state index in [1.807, 2.05) is 53.7 Å². The van der Waals surface area contributed by atoms with Gasteiger partial charge in [0.15, 0.2) is 0 Å². The number of carbonyl (C=O) groups excluding carboxylic acids is 2. The number of ether oxygens (including phenoxy) is 2. The van der Waals surface area contributed by atoms with E-state index in [4.69, 9.17) is 15.2 Å². The smallest absolute Gasteiger partial charge is 0.404 e. The van der Waals surface area contributed by atoms with Gasteiger partial charge in [-0.25, -0.2) is 4.79 Å². The number of hydrogen-bond donors (Lipinski definition) is 3. The fourth-order valence-corrected chi connectivity index (χ4v) is 5.31. The predicted octanol–water partition coefficient (Wildman–Crippen LogP) is 5.86. The van der Waals surface area contributed by atoms with E-state index in [1.165, 1.54) is 0 Å². The normalized spacial score (nSPS) is 23.2. The fourth-order valence-electron chi connectivity index (χ4n) is 5.31. The van der Waals surface area contributed by atoms with Crippen molar-refractivity contribution in [1.29, 1.82) is 0 Å². The molecule has 1 aliphatic rings. The summed E-state index contributed by atoms with van der Waals surface area (Å²) < 4.78 is 10.7. The van der Waals surface area contributed by atoms with Gasteiger partial charge in [-0.1, -0.05) is 83.2 Å². The molecule has 1 heterocycles. The van der Waals surface area contributed by atoms with Crippen molar-refractivity contribution in [3.63, 3.8) is 0 Å². The van der Waals surface area contributed by atoms with Crippen molar-refractivity contribution in [1.82, 2.24) is 0 Å². The number of aliphatic hydroxyl groups excluding tert-OH is 2. The maximum absolute atomic E-state index is 11.5. The molecule has 1 aliphatic heterocycles. The lowest BCUT2D eigenvalue weighted by Crippen LogP contribution is -2.41. The van der Waals surface area contributed by atoms with Gasteiger partial charge in [-0.15, -0.1) is 0 Å². The molecule has 1 rings (SSSR count). The van der Waals surface area contributed by atoms with Crippen LogP contribution in [0.3, 0.4) is 0 Å². The maximum Gasteiger partial charge on any atom is 0.404 e. The van der Waals surface area contributed by atoms with Gasteiger partial charge in [0.25, 0.3) is 0 Å². The molecule has 0 bridgehead atoms. The summed E-state index contributed by atoms with van der Waals surface area (Å²) in [7, 11) is 0. The number of allylic oxidation sites excluding steroid dienone is 4. The third kappa shape index (κ3) is 12.0. The molecule has 0 spiro atoms. The second-order valence-corrected chi connectivity index (χ2v) is 11.1. The molecule has 1 saturated heterocycles. The number of aliphatic hydroxyl groups is 2. The van der Waals surface area contributed by atoms with Gasteiger partial charge in [0.2, 0.25) is 0 Å². The number of cyclic esters (lactones) is 1. The summed E-state index contributed by atoms with van der Waals surface area (Å²) in [5, 5.41) is 21.9. The van der Waals surface area contributed by atoms with Gasteiger partial charge in [0.05, 0.1) is 12.2 Å². The third-order valence-corrected chi connectivity index (χ3v) is 7.53. The fraction of sp³-hybridized carbons (Fsp3) is 0.677. The van der Waals surface area contributed by atoms with Crippen molar-refractivity contribution in [2.45, 2.75) is 104 Å². The summed E-state index contributed by atoms with van der Waals surface area (Å²) in [5.74, 6) is -0.758. The largest absolute Gasteiger partial charge is 0.462 e. The Hall–Kier alpha value is -2.38. The molecule has 0 aromatic heterocycles. The first-order valence-corrected chi connectivity index (χ1v) is 14.0. The quantitative estimate of drug-likeness (QED) is 0.130. The van der Waals surface area contributed by atoms with E-state index >= 15 is 0 Å². The average Bonchev–Trinajstić information content (AvgIpc) is 2.86. The molecule has 4 N–H and O–H groups in total. The number of nitrogens with two attached hydrogens (primary N) is 1. The van der Waals surface area contributed by atoms with E-state index in [-0.39, 0.29) is 41.7 Å². The van der Waals surface area contributed by atoms with Crippen molar-refractivity contribution in [2.24, 2.45) is 35.3 Å². The van der Waals surface area contributed by atoms with Crippen LogP contribution < -0.4 is 5.73 Å². The zero-order chi connectivity index (χ0) is 28.8. The van der Waals surface area contributed by atoms with Gasteiger partial charge < -0.3 is 25.4 Å². The standard InChI is InChI=1S/C31H51NO6/c1-8-9-13-22(4)30(38-31(32)36)25(7)29(35)24(6)19-20(2)18-23(5)28(34)21(3)14-10-11-15-26-16-12-17-27(33)37-26/h8-10,13-14,18,21-26,28-30,34-35H,1,11-12,15-17,19H2,2-7H3,(H2,32,36)/b13-9-,14-10-,20-18-/t21-,22-,23-,24-,25-,26-,28-,29+,30-/m0/s1. The van der Waals surface area contributed by atoms with E-state index in [0.29, 0.717) is 12.8 Å². The average molecular weight is 534 g/mol. The highest BCUT2D eigenvalue weighted by Crippen LogP contribution is 2.29. The molecule has 7 heteroatoms. The number of amides is 1. The van der Waals surface area contributed by atoms with Crippen molar-refractivity contribution < 1.29 is 29.3 Å². The zero-order valence-electron chi connectivity index (χ0n) is 24.2. The Morgan fingerprint density at radius 3 is 2.42 bits per heavy atom. The molecule has 0 aromatic rings. The van der Waals surface area contributed by atoms with Gasteiger partial charge in [-0.2, -0.15) is 0 Å². The summed E-state index contributed by atoms with van der Waals surface area (Å²) in [5.41, 5.74) is 6.38. The number of carbonyl (C=O) groups is 2. The van der Waals surface area contributed by atoms with Crippen LogP contribution in [0.25, 0.3) is 0 Å². The molecular weight excluding hydrogens is 482 g/mol. The Labute approximate surface area is 229 Å². The van der Waals surface area contributed by atoms with E-state index in [2.05, 4.69) is 18.7 Å². The second-order valence-electron chi connectivity index (χ2n) is 11.1. The first-order valence-electron chi connectivity index (χ1n) is 14.0. The molecule has 7 nitrogen and oxygen atoms in total. The summed E-state index contributed by atoms with van der Waals surface area (Å²) >= 11 is 0. The molecule has 0 aromatic carbocycles.